The summed E-state index contributed by atoms with van der Waals surface area (Å²) in [4.78, 5) is 28.7. The molecular weight excluding hydrogens is 723 g/mol. The number of benzene rings is 3. The number of carboxylic acid groups (broad SMARTS) is 1. The summed E-state index contributed by atoms with van der Waals surface area (Å²) in [6, 6.07) is 21.2. The van der Waals surface area contributed by atoms with Gasteiger partial charge in [-0.2, -0.15) is 5.10 Å². The van der Waals surface area contributed by atoms with Gasteiger partial charge in [-0.1, -0.05) is 36.2 Å². The number of halogens is 2. The van der Waals surface area contributed by atoms with Gasteiger partial charge in [0.2, 0.25) is 12.1 Å². The number of rotatable bonds is 13. The molecule has 1 N–H and O–H groups in total. The molecule has 53 heavy (non-hydrogen) atoms. The van der Waals surface area contributed by atoms with Crippen molar-refractivity contribution in [1.29, 1.82) is 0 Å². The summed E-state index contributed by atoms with van der Waals surface area (Å²) in [5.41, 5.74) is 3.48. The van der Waals surface area contributed by atoms with Gasteiger partial charge < -0.3 is 29.1 Å². The molecule has 0 saturated carbocycles. The van der Waals surface area contributed by atoms with E-state index < -0.39 is 17.9 Å². The predicted molar refractivity (Wildman–Crippen MR) is 198 cm³/mol. The van der Waals surface area contributed by atoms with E-state index in [1.54, 1.807) is 40.1 Å². The zero-order valence-corrected chi connectivity index (χ0v) is 30.9. The normalized spacial score (nSPS) is 19.4. The van der Waals surface area contributed by atoms with Crippen LogP contribution in [0.5, 0.6) is 5.75 Å². The fraction of sp³-hybridized carbons (Fsp3) is 0.378. The molecule has 2 aromatic heterocycles. The lowest BCUT2D eigenvalue weighted by Crippen LogP contribution is -2.46. The molecule has 0 radical (unpaired) electrons. The molecule has 278 valence electrons. The van der Waals surface area contributed by atoms with Gasteiger partial charge in [-0.05, 0) is 74.0 Å². The number of nitrogens with zero attached hydrogens (tertiary/aromatic N) is 8. The van der Waals surface area contributed by atoms with Crippen LogP contribution in [0.25, 0.3) is 5.69 Å². The highest BCUT2D eigenvalue weighted by molar-refractivity contribution is 6.35. The zero-order chi connectivity index (χ0) is 37.1. The molecule has 3 atom stereocenters. The predicted octanol–water partition coefficient (Wildman–Crippen LogP) is 4.55. The van der Waals surface area contributed by atoms with E-state index in [4.69, 9.17) is 42.5 Å². The fourth-order valence-electron chi connectivity index (χ4n) is 6.61. The largest absolute Gasteiger partial charge is 0.491 e. The number of hydrogen-bond acceptors (Lipinski definition) is 9. The molecule has 2 saturated heterocycles. The summed E-state index contributed by atoms with van der Waals surface area (Å²) in [5, 5.41) is 18.6. The minimum Gasteiger partial charge on any atom is -0.491 e. The summed E-state index contributed by atoms with van der Waals surface area (Å²) in [7, 11) is 0. The van der Waals surface area contributed by atoms with Crippen molar-refractivity contribution in [2.24, 2.45) is 0 Å². The SMILES string of the molecule is CCC(C)n1ncn(-c2ccc(N3CCN(c4ccc(OCC5CO[C@](Cn6c[n+](CC(=O)O)cn6)(c6ccc(Cl)cc6Cl)O5)cc4)CC3)cc2)c1=O. The van der Waals surface area contributed by atoms with Crippen LogP contribution in [0.15, 0.2) is 90.5 Å². The Labute approximate surface area is 316 Å². The van der Waals surface area contributed by atoms with Crippen LogP contribution in [-0.2, 0) is 33.1 Å². The molecule has 4 heterocycles. The molecule has 14 nitrogen and oxygen atoms in total. The second kappa shape index (κ2) is 15.6. The van der Waals surface area contributed by atoms with E-state index in [0.29, 0.717) is 21.4 Å². The van der Waals surface area contributed by atoms with E-state index >= 15 is 0 Å². The van der Waals surface area contributed by atoms with Crippen LogP contribution < -0.4 is 24.8 Å². The van der Waals surface area contributed by atoms with Gasteiger partial charge >= 0.3 is 11.7 Å². The standard InChI is InChI=1S/C37H40Cl2N8O6/c1-3-26(2)47-36(50)46(24-41-47)30-7-5-28(6-8-30)43-14-16-44(17-15-43)29-9-11-31(12-10-29)51-20-32-21-52-37(53-32,33-13-4-27(38)18-34(33)39)22-45-25-42(23-40-45)19-35(48)49/h4-13,18,23-26,32H,3,14-17,19-22H2,1-2H3/p+1/t26?,32?,37-/m0/s1. The molecular formula is C37H41Cl2N8O6+. The Balaban J connectivity index is 0.935. The molecule has 2 fully saturated rings. The Bertz CT molecular complexity index is 2100. The van der Waals surface area contributed by atoms with Crippen molar-refractivity contribution in [3.63, 3.8) is 0 Å². The lowest BCUT2D eigenvalue weighted by Gasteiger charge is -2.37. The highest BCUT2D eigenvalue weighted by atomic mass is 35.5. The Morgan fingerprint density at radius 1 is 1.00 bits per heavy atom. The number of hydrogen-bond donors (Lipinski definition) is 1. The number of anilines is 2. The average Bonchev–Trinajstić information content (AvgIpc) is 3.89. The second-order valence-corrected chi connectivity index (χ2v) is 14.1. The number of carboxylic acids is 1. The van der Waals surface area contributed by atoms with Crippen LogP contribution in [0.2, 0.25) is 10.0 Å². The first-order valence-electron chi connectivity index (χ1n) is 17.5. The Kier molecular flexibility index (Phi) is 10.7. The van der Waals surface area contributed by atoms with E-state index in [1.807, 2.05) is 38.1 Å². The molecule has 2 aliphatic heterocycles. The third kappa shape index (κ3) is 8.05. The molecule has 0 bridgehead atoms. The van der Waals surface area contributed by atoms with Crippen LogP contribution in [0, 0.1) is 0 Å². The van der Waals surface area contributed by atoms with Crippen LogP contribution in [0.3, 0.4) is 0 Å². The maximum Gasteiger partial charge on any atom is 0.350 e. The summed E-state index contributed by atoms with van der Waals surface area (Å²) >= 11 is 12.8. The van der Waals surface area contributed by atoms with Gasteiger partial charge in [0.25, 0.3) is 6.33 Å². The summed E-state index contributed by atoms with van der Waals surface area (Å²) in [5.74, 6) is -1.57. The van der Waals surface area contributed by atoms with Gasteiger partial charge in [0, 0.05) is 53.2 Å². The number of carbonyl (C=O) groups is 1. The van der Waals surface area contributed by atoms with Gasteiger partial charge in [-0.15, -0.1) is 4.68 Å². The molecule has 5 aromatic rings. The van der Waals surface area contributed by atoms with E-state index in [-0.39, 0.29) is 38.0 Å². The maximum absolute atomic E-state index is 12.8. The monoisotopic (exact) mass is 763 g/mol. The fourth-order valence-corrected chi connectivity index (χ4v) is 7.16. The van der Waals surface area contributed by atoms with Crippen molar-refractivity contribution in [1.82, 2.24) is 24.1 Å². The molecule has 2 aliphatic rings. The lowest BCUT2D eigenvalue weighted by molar-refractivity contribution is -0.686. The van der Waals surface area contributed by atoms with Gasteiger partial charge in [-0.25, -0.2) is 23.4 Å². The number of aromatic nitrogens is 6. The van der Waals surface area contributed by atoms with Gasteiger partial charge in [-0.3, -0.25) is 0 Å². The van der Waals surface area contributed by atoms with E-state index in [2.05, 4.69) is 44.3 Å². The third-order valence-electron chi connectivity index (χ3n) is 9.63. The van der Waals surface area contributed by atoms with Crippen molar-refractivity contribution in [2.45, 2.75) is 51.3 Å². The van der Waals surface area contributed by atoms with Crippen LogP contribution in [-0.4, -0.2) is 80.7 Å². The first-order chi connectivity index (χ1) is 25.6. The minimum absolute atomic E-state index is 0.0522. The van der Waals surface area contributed by atoms with Crippen molar-refractivity contribution in [2.75, 3.05) is 49.2 Å². The first-order valence-corrected chi connectivity index (χ1v) is 18.3. The molecule has 2 unspecified atom stereocenters. The Morgan fingerprint density at radius 3 is 2.30 bits per heavy atom. The van der Waals surface area contributed by atoms with Crippen LogP contribution >= 0.6 is 23.2 Å². The molecule has 0 aliphatic carbocycles. The Morgan fingerprint density at radius 2 is 1.66 bits per heavy atom. The number of aliphatic carboxylic acids is 1. The van der Waals surface area contributed by atoms with Crippen molar-refractivity contribution >= 4 is 40.5 Å². The third-order valence-corrected chi connectivity index (χ3v) is 10.2. The average molecular weight is 765 g/mol. The highest BCUT2D eigenvalue weighted by Gasteiger charge is 2.47. The molecule has 0 spiro atoms. The minimum atomic E-state index is -1.30. The summed E-state index contributed by atoms with van der Waals surface area (Å²) in [6.45, 7) is 7.84. The molecule has 7 rings (SSSR count). The van der Waals surface area contributed by atoms with Crippen LogP contribution in [0.4, 0.5) is 11.4 Å². The van der Waals surface area contributed by atoms with E-state index in [1.165, 1.54) is 15.6 Å². The second-order valence-electron chi connectivity index (χ2n) is 13.2. The molecule has 16 heteroatoms. The van der Waals surface area contributed by atoms with Crippen LogP contribution in [0.1, 0.15) is 31.9 Å². The molecule has 3 aromatic carbocycles. The summed E-state index contributed by atoms with van der Waals surface area (Å²) in [6.07, 6.45) is 5.01. The number of ether oxygens (including phenoxy) is 3. The van der Waals surface area contributed by atoms with E-state index in [9.17, 15) is 9.59 Å². The highest BCUT2D eigenvalue weighted by Crippen LogP contribution is 2.40. The quantitative estimate of drug-likeness (QED) is 0.170. The number of piperazine rings is 1. The van der Waals surface area contributed by atoms with Crippen molar-refractivity contribution in [3.05, 3.63) is 112 Å². The smallest absolute Gasteiger partial charge is 0.350 e. The zero-order valence-electron chi connectivity index (χ0n) is 29.4. The lowest BCUT2D eigenvalue weighted by atomic mass is 10.1. The van der Waals surface area contributed by atoms with Crippen molar-refractivity contribution < 1.29 is 28.7 Å². The first kappa shape index (κ1) is 36.5. The summed E-state index contributed by atoms with van der Waals surface area (Å²) < 4.78 is 25.0. The van der Waals surface area contributed by atoms with Gasteiger partial charge in [0.1, 0.15) is 24.8 Å². The van der Waals surface area contributed by atoms with Gasteiger partial charge in [0.05, 0.1) is 23.4 Å². The topological polar surface area (TPSA) is 133 Å². The van der Waals surface area contributed by atoms with Gasteiger partial charge in [0.15, 0.2) is 13.1 Å². The molecule has 0 amide bonds. The van der Waals surface area contributed by atoms with Crippen molar-refractivity contribution in [3.8, 4) is 11.4 Å². The van der Waals surface area contributed by atoms with E-state index in [0.717, 1.165) is 49.7 Å². The maximum atomic E-state index is 12.8. The Hall–Kier alpha value is -4.89.